The lowest BCUT2D eigenvalue weighted by Crippen LogP contribution is -2.35. The maximum Gasteiger partial charge on any atom is 0.232 e. The van der Waals surface area contributed by atoms with Crippen LogP contribution in [0.1, 0.15) is 20.3 Å². The van der Waals surface area contributed by atoms with E-state index in [9.17, 15) is 13.2 Å². The molecule has 1 N–H and O–H groups in total. The Kier molecular flexibility index (Phi) is 6.97. The van der Waals surface area contributed by atoms with Crippen LogP contribution < -0.4 is 9.62 Å². The number of amides is 1. The highest BCUT2D eigenvalue weighted by Crippen LogP contribution is 2.27. The zero-order valence-electron chi connectivity index (χ0n) is 12.8. The highest BCUT2D eigenvalue weighted by atomic mass is 35.5. The Morgan fingerprint density at radius 3 is 2.23 bits per heavy atom. The van der Waals surface area contributed by atoms with Gasteiger partial charge in [-0.2, -0.15) is 0 Å². The van der Waals surface area contributed by atoms with Crippen molar-refractivity contribution in [1.82, 2.24) is 5.32 Å². The van der Waals surface area contributed by atoms with Gasteiger partial charge >= 0.3 is 0 Å². The number of nitrogens with zero attached hydrogens (tertiary/aromatic N) is 1. The summed E-state index contributed by atoms with van der Waals surface area (Å²) in [6.45, 7) is 4.55. The fraction of sp³-hybridized carbons (Fsp3) is 0.500. The van der Waals surface area contributed by atoms with Gasteiger partial charge in [0.1, 0.15) is 0 Å². The third-order valence-corrected chi connectivity index (χ3v) is 4.42. The fourth-order valence-corrected chi connectivity index (χ4v) is 3.20. The molecule has 1 rings (SSSR count). The molecule has 0 bridgehead atoms. The van der Waals surface area contributed by atoms with Crippen molar-refractivity contribution in [3.8, 4) is 0 Å². The number of anilines is 1. The molecule has 0 aliphatic carbocycles. The smallest absolute Gasteiger partial charge is 0.232 e. The second kappa shape index (κ2) is 8.04. The van der Waals surface area contributed by atoms with E-state index in [4.69, 9.17) is 23.2 Å². The van der Waals surface area contributed by atoms with Crippen LogP contribution >= 0.6 is 23.2 Å². The van der Waals surface area contributed by atoms with E-state index in [0.717, 1.165) is 10.6 Å². The van der Waals surface area contributed by atoms with Crippen LogP contribution in [0.15, 0.2) is 18.2 Å². The summed E-state index contributed by atoms with van der Waals surface area (Å²) in [6.07, 6.45) is 1.14. The van der Waals surface area contributed by atoms with Crippen molar-refractivity contribution in [2.24, 2.45) is 5.92 Å². The summed E-state index contributed by atoms with van der Waals surface area (Å²) in [5.41, 5.74) is 0.344. The Bertz CT molecular complexity index is 613. The van der Waals surface area contributed by atoms with Gasteiger partial charge in [-0.25, -0.2) is 8.42 Å². The quantitative estimate of drug-likeness (QED) is 0.806. The highest BCUT2D eigenvalue weighted by Gasteiger charge is 2.19. The molecule has 0 aromatic heterocycles. The lowest BCUT2D eigenvalue weighted by molar-refractivity contribution is -0.121. The third kappa shape index (κ3) is 6.42. The van der Waals surface area contributed by atoms with Crippen LogP contribution in [0.25, 0.3) is 0 Å². The van der Waals surface area contributed by atoms with Crippen molar-refractivity contribution in [2.45, 2.75) is 20.3 Å². The number of carbonyl (C=O) groups is 1. The Labute approximate surface area is 141 Å². The average molecular weight is 367 g/mol. The zero-order valence-corrected chi connectivity index (χ0v) is 15.1. The summed E-state index contributed by atoms with van der Waals surface area (Å²) in [5.74, 6) is 0.136. The van der Waals surface area contributed by atoms with E-state index in [1.165, 1.54) is 18.2 Å². The van der Waals surface area contributed by atoms with E-state index < -0.39 is 10.0 Å². The second-order valence-corrected chi connectivity index (χ2v) is 8.19. The minimum Gasteiger partial charge on any atom is -0.356 e. The predicted octanol–water partition coefficient (Wildman–Crippen LogP) is 2.92. The molecular formula is C14H20Cl2N2O3S. The topological polar surface area (TPSA) is 66.5 Å². The van der Waals surface area contributed by atoms with Crippen LogP contribution in [0, 0.1) is 5.92 Å². The first-order valence-electron chi connectivity index (χ1n) is 6.80. The van der Waals surface area contributed by atoms with Gasteiger partial charge in [0.05, 0.1) is 11.9 Å². The molecule has 0 aliphatic heterocycles. The van der Waals surface area contributed by atoms with Gasteiger partial charge in [-0.15, -0.1) is 0 Å². The fourth-order valence-electron chi connectivity index (χ4n) is 1.78. The van der Waals surface area contributed by atoms with E-state index in [1.54, 1.807) is 0 Å². The summed E-state index contributed by atoms with van der Waals surface area (Å²) in [5, 5.41) is 3.42. The normalized spacial score (nSPS) is 11.5. The maximum atomic E-state index is 11.9. The summed E-state index contributed by atoms with van der Waals surface area (Å²) in [6, 6.07) is 4.52. The second-order valence-electron chi connectivity index (χ2n) is 5.41. The van der Waals surface area contributed by atoms with Crippen molar-refractivity contribution >= 4 is 44.8 Å². The molecule has 8 heteroatoms. The number of carbonyl (C=O) groups excluding carboxylic acids is 1. The van der Waals surface area contributed by atoms with E-state index in [0.29, 0.717) is 28.2 Å². The average Bonchev–Trinajstić information content (AvgIpc) is 2.33. The Morgan fingerprint density at radius 2 is 1.77 bits per heavy atom. The number of hydrogen-bond acceptors (Lipinski definition) is 3. The molecule has 0 aliphatic rings. The van der Waals surface area contributed by atoms with E-state index in [1.807, 2.05) is 13.8 Å². The molecule has 0 spiro atoms. The minimum atomic E-state index is -3.54. The van der Waals surface area contributed by atoms with Crippen LogP contribution in [0.3, 0.4) is 0 Å². The zero-order chi connectivity index (χ0) is 16.9. The van der Waals surface area contributed by atoms with Gasteiger partial charge in [0, 0.05) is 29.6 Å². The first-order chi connectivity index (χ1) is 10.1. The maximum absolute atomic E-state index is 11.9. The standard InChI is InChI=1S/C14H20Cl2N2O3S/c1-10(2)9-17-14(19)4-5-18(22(3,20)21)13-7-11(15)6-12(16)8-13/h6-8,10H,4-5,9H2,1-3H3,(H,17,19). The molecule has 5 nitrogen and oxygen atoms in total. The lowest BCUT2D eigenvalue weighted by Gasteiger charge is -2.22. The number of rotatable bonds is 7. The van der Waals surface area contributed by atoms with Gasteiger partial charge in [-0.3, -0.25) is 9.10 Å². The van der Waals surface area contributed by atoms with Crippen molar-refractivity contribution < 1.29 is 13.2 Å². The SMILES string of the molecule is CC(C)CNC(=O)CCN(c1cc(Cl)cc(Cl)c1)S(C)(=O)=O. The molecule has 0 unspecified atom stereocenters. The Morgan fingerprint density at radius 1 is 1.23 bits per heavy atom. The minimum absolute atomic E-state index is 0.0272. The van der Waals surface area contributed by atoms with Gasteiger partial charge in [0.25, 0.3) is 0 Å². The molecular weight excluding hydrogens is 347 g/mol. The molecule has 0 radical (unpaired) electrons. The van der Waals surface area contributed by atoms with Crippen LogP contribution in [-0.4, -0.2) is 33.7 Å². The molecule has 0 heterocycles. The monoisotopic (exact) mass is 366 g/mol. The molecule has 1 amide bonds. The number of hydrogen-bond donors (Lipinski definition) is 1. The number of nitrogens with one attached hydrogen (secondary N) is 1. The van der Waals surface area contributed by atoms with E-state index >= 15 is 0 Å². The summed E-state index contributed by atoms with van der Waals surface area (Å²) in [4.78, 5) is 11.8. The first kappa shape index (κ1) is 19.1. The van der Waals surface area contributed by atoms with Crippen molar-refractivity contribution in [2.75, 3.05) is 23.7 Å². The molecule has 0 saturated carbocycles. The molecule has 0 saturated heterocycles. The van der Waals surface area contributed by atoms with E-state index in [2.05, 4.69) is 5.32 Å². The van der Waals surface area contributed by atoms with Crippen molar-refractivity contribution in [3.05, 3.63) is 28.2 Å². The summed E-state index contributed by atoms with van der Waals surface area (Å²) in [7, 11) is -3.54. The van der Waals surface area contributed by atoms with Gasteiger partial charge < -0.3 is 5.32 Å². The highest BCUT2D eigenvalue weighted by molar-refractivity contribution is 7.92. The number of halogens is 2. The van der Waals surface area contributed by atoms with Gasteiger partial charge in [-0.05, 0) is 24.1 Å². The molecule has 1 aromatic rings. The van der Waals surface area contributed by atoms with Crippen LogP contribution in [-0.2, 0) is 14.8 Å². The predicted molar refractivity (Wildman–Crippen MR) is 91.1 cm³/mol. The van der Waals surface area contributed by atoms with Gasteiger partial charge in [0.15, 0.2) is 0 Å². The summed E-state index contributed by atoms with van der Waals surface area (Å²) < 4.78 is 25.0. The molecule has 0 atom stereocenters. The lowest BCUT2D eigenvalue weighted by atomic mass is 10.2. The summed E-state index contributed by atoms with van der Waals surface area (Å²) >= 11 is 11.8. The van der Waals surface area contributed by atoms with E-state index in [-0.39, 0.29) is 18.9 Å². The van der Waals surface area contributed by atoms with Crippen LogP contribution in [0.5, 0.6) is 0 Å². The van der Waals surface area contributed by atoms with Crippen LogP contribution in [0.4, 0.5) is 5.69 Å². The number of sulfonamides is 1. The Balaban J connectivity index is 2.85. The first-order valence-corrected chi connectivity index (χ1v) is 9.40. The molecule has 124 valence electrons. The van der Waals surface area contributed by atoms with Crippen molar-refractivity contribution in [3.63, 3.8) is 0 Å². The van der Waals surface area contributed by atoms with Crippen molar-refractivity contribution in [1.29, 1.82) is 0 Å². The van der Waals surface area contributed by atoms with Crippen LogP contribution in [0.2, 0.25) is 10.0 Å². The molecule has 1 aromatic carbocycles. The largest absolute Gasteiger partial charge is 0.356 e. The molecule has 0 fully saturated rings. The van der Waals surface area contributed by atoms with Gasteiger partial charge in [0.2, 0.25) is 15.9 Å². The third-order valence-electron chi connectivity index (χ3n) is 2.79. The number of benzene rings is 1. The van der Waals surface area contributed by atoms with Gasteiger partial charge in [-0.1, -0.05) is 37.0 Å². The Hall–Kier alpha value is -0.980. The molecule has 22 heavy (non-hydrogen) atoms.